The van der Waals surface area contributed by atoms with E-state index in [9.17, 15) is 0 Å². The van der Waals surface area contributed by atoms with Crippen LogP contribution in [0, 0.1) is 23.6 Å². The number of hydrogen-bond donors (Lipinski definition) is 0. The van der Waals surface area contributed by atoms with Crippen LogP contribution in [0.4, 0.5) is 4.39 Å². The molecule has 0 saturated heterocycles. The summed E-state index contributed by atoms with van der Waals surface area (Å²) in [6, 6.07) is 14.7. The molecule has 36 heavy (non-hydrogen) atoms. The molecule has 1 aliphatic rings. The summed E-state index contributed by atoms with van der Waals surface area (Å²) in [6.07, 6.45) is 19.6. The Morgan fingerprint density at radius 1 is 0.806 bits per heavy atom. The topological polar surface area (TPSA) is 0 Å². The van der Waals surface area contributed by atoms with Crippen molar-refractivity contribution in [3.63, 3.8) is 0 Å². The van der Waals surface area contributed by atoms with Crippen molar-refractivity contribution in [1.29, 1.82) is 0 Å². The number of aryl methyl sites for hydroxylation is 1. The van der Waals surface area contributed by atoms with E-state index in [1.54, 1.807) is 0 Å². The molecular weight excluding hydrogens is 439 g/mol. The summed E-state index contributed by atoms with van der Waals surface area (Å²) in [5, 5.41) is 0. The molecule has 0 amide bonds. The Bertz CT molecular complexity index is 859. The monoisotopic (exact) mass is 492 g/mol. The Morgan fingerprint density at radius 3 is 2.17 bits per heavy atom. The van der Waals surface area contributed by atoms with Gasteiger partial charge in [-0.3, -0.25) is 0 Å². The summed E-state index contributed by atoms with van der Waals surface area (Å²) in [7, 11) is 0. The summed E-state index contributed by atoms with van der Waals surface area (Å²) in [5.74, 6) is 3.14. The molecule has 1 heteroatoms. The van der Waals surface area contributed by atoms with E-state index in [1.165, 1.54) is 101 Å². The summed E-state index contributed by atoms with van der Waals surface area (Å²) in [5.41, 5.74) is 4.33. The number of benzene rings is 2. The van der Waals surface area contributed by atoms with Crippen LogP contribution >= 0.6 is 0 Å². The summed E-state index contributed by atoms with van der Waals surface area (Å²) >= 11 is 0. The molecule has 0 aromatic heterocycles. The van der Waals surface area contributed by atoms with E-state index in [2.05, 4.69) is 58.0 Å². The minimum atomic E-state index is -0.0603. The van der Waals surface area contributed by atoms with Crippen LogP contribution < -0.4 is 0 Å². The quantitative estimate of drug-likeness (QED) is 0.217. The molecule has 2 aromatic carbocycles. The molecule has 200 valence electrons. The van der Waals surface area contributed by atoms with Gasteiger partial charge in [-0.1, -0.05) is 122 Å². The van der Waals surface area contributed by atoms with E-state index in [1.807, 2.05) is 12.1 Å². The Morgan fingerprint density at radius 2 is 1.53 bits per heavy atom. The molecule has 3 rings (SSSR count). The summed E-state index contributed by atoms with van der Waals surface area (Å²) in [6.45, 7) is 9.37. The second-order valence-corrected chi connectivity index (χ2v) is 11.8. The lowest BCUT2D eigenvalue weighted by Crippen LogP contribution is -2.13. The highest BCUT2D eigenvalue weighted by atomic mass is 19.1. The van der Waals surface area contributed by atoms with Crippen LogP contribution in [0.25, 0.3) is 11.1 Å². The summed E-state index contributed by atoms with van der Waals surface area (Å²) in [4.78, 5) is 0. The second kappa shape index (κ2) is 15.6. The van der Waals surface area contributed by atoms with Gasteiger partial charge in [0.05, 0.1) is 0 Å². The van der Waals surface area contributed by atoms with Crippen LogP contribution in [0.3, 0.4) is 0 Å². The van der Waals surface area contributed by atoms with Gasteiger partial charge in [0.2, 0.25) is 0 Å². The van der Waals surface area contributed by atoms with Crippen LogP contribution in [0.1, 0.15) is 135 Å². The zero-order chi connectivity index (χ0) is 25.8. The lowest BCUT2D eigenvalue weighted by atomic mass is 9.77. The predicted molar refractivity (Wildman–Crippen MR) is 156 cm³/mol. The SMILES string of the molecule is CCCCC(CCCCCc1ccc(-c2ccc(C3CCC(CCC)CC3)cc2F)cc1)C(C)CC. The highest BCUT2D eigenvalue weighted by Crippen LogP contribution is 2.38. The Labute approximate surface area is 222 Å². The van der Waals surface area contributed by atoms with E-state index < -0.39 is 0 Å². The van der Waals surface area contributed by atoms with Gasteiger partial charge in [-0.15, -0.1) is 0 Å². The summed E-state index contributed by atoms with van der Waals surface area (Å²) < 4.78 is 15.1. The zero-order valence-electron chi connectivity index (χ0n) is 23.8. The molecule has 0 N–H and O–H groups in total. The lowest BCUT2D eigenvalue weighted by Gasteiger charge is -2.28. The Balaban J connectivity index is 1.46. The maximum absolute atomic E-state index is 15.1. The average Bonchev–Trinajstić information content (AvgIpc) is 2.91. The van der Waals surface area contributed by atoms with Gasteiger partial charge in [0.25, 0.3) is 0 Å². The van der Waals surface area contributed by atoms with Gasteiger partial charge in [0.15, 0.2) is 0 Å². The minimum Gasteiger partial charge on any atom is -0.206 e. The maximum atomic E-state index is 15.1. The first-order valence-corrected chi connectivity index (χ1v) is 15.4. The molecule has 1 saturated carbocycles. The van der Waals surface area contributed by atoms with E-state index in [0.29, 0.717) is 5.92 Å². The molecule has 0 radical (unpaired) electrons. The average molecular weight is 493 g/mol. The molecule has 2 unspecified atom stereocenters. The first kappa shape index (κ1) is 28.9. The molecule has 2 aromatic rings. The highest BCUT2D eigenvalue weighted by molar-refractivity contribution is 5.65. The Kier molecular flexibility index (Phi) is 12.5. The third-order valence-corrected chi connectivity index (χ3v) is 9.19. The molecule has 0 spiro atoms. The fraction of sp³-hybridized carbons (Fsp3) is 0.657. The van der Waals surface area contributed by atoms with E-state index >= 15 is 4.39 Å². The van der Waals surface area contributed by atoms with Gasteiger partial charge < -0.3 is 0 Å². The highest BCUT2D eigenvalue weighted by Gasteiger charge is 2.22. The van der Waals surface area contributed by atoms with Gasteiger partial charge >= 0.3 is 0 Å². The molecule has 0 heterocycles. The maximum Gasteiger partial charge on any atom is 0.131 e. The normalized spacial score (nSPS) is 19.8. The van der Waals surface area contributed by atoms with Crippen molar-refractivity contribution in [2.75, 3.05) is 0 Å². The number of unbranched alkanes of at least 4 members (excludes halogenated alkanes) is 3. The first-order chi connectivity index (χ1) is 17.5. The molecule has 1 fully saturated rings. The third kappa shape index (κ3) is 8.74. The van der Waals surface area contributed by atoms with Crippen LogP contribution in [0.15, 0.2) is 42.5 Å². The third-order valence-electron chi connectivity index (χ3n) is 9.19. The first-order valence-electron chi connectivity index (χ1n) is 15.4. The largest absolute Gasteiger partial charge is 0.206 e. The zero-order valence-corrected chi connectivity index (χ0v) is 23.8. The molecule has 0 bridgehead atoms. The number of hydrogen-bond acceptors (Lipinski definition) is 0. The van der Waals surface area contributed by atoms with Crippen molar-refractivity contribution < 1.29 is 4.39 Å². The van der Waals surface area contributed by atoms with Crippen molar-refractivity contribution in [3.8, 4) is 11.1 Å². The number of halogens is 1. The van der Waals surface area contributed by atoms with Gasteiger partial charge in [0, 0.05) is 5.56 Å². The van der Waals surface area contributed by atoms with Crippen LogP contribution in [-0.2, 0) is 6.42 Å². The molecule has 2 atom stereocenters. The second-order valence-electron chi connectivity index (χ2n) is 11.8. The number of rotatable bonds is 15. The van der Waals surface area contributed by atoms with Crippen LogP contribution in [0.5, 0.6) is 0 Å². The molecule has 0 aliphatic heterocycles. The molecular formula is C35H53F. The van der Waals surface area contributed by atoms with Gasteiger partial charge in [-0.25, -0.2) is 4.39 Å². The van der Waals surface area contributed by atoms with Crippen molar-refractivity contribution in [3.05, 3.63) is 59.4 Å². The minimum absolute atomic E-state index is 0.0603. The van der Waals surface area contributed by atoms with Crippen LogP contribution in [-0.4, -0.2) is 0 Å². The fourth-order valence-electron chi connectivity index (χ4n) is 6.49. The predicted octanol–water partition coefficient (Wildman–Crippen LogP) is 11.5. The Hall–Kier alpha value is -1.63. The van der Waals surface area contributed by atoms with Gasteiger partial charge in [0.1, 0.15) is 5.82 Å². The van der Waals surface area contributed by atoms with Crippen molar-refractivity contribution in [2.45, 2.75) is 130 Å². The lowest BCUT2D eigenvalue weighted by molar-refractivity contribution is 0.291. The van der Waals surface area contributed by atoms with E-state index in [-0.39, 0.29) is 5.82 Å². The van der Waals surface area contributed by atoms with Crippen molar-refractivity contribution >= 4 is 0 Å². The van der Waals surface area contributed by atoms with Gasteiger partial charge in [-0.2, -0.15) is 0 Å². The fourth-order valence-corrected chi connectivity index (χ4v) is 6.49. The van der Waals surface area contributed by atoms with Crippen LogP contribution in [0.2, 0.25) is 0 Å². The van der Waals surface area contributed by atoms with Crippen molar-refractivity contribution in [2.24, 2.45) is 17.8 Å². The van der Waals surface area contributed by atoms with E-state index in [4.69, 9.17) is 0 Å². The van der Waals surface area contributed by atoms with Crippen molar-refractivity contribution in [1.82, 2.24) is 0 Å². The van der Waals surface area contributed by atoms with Gasteiger partial charge in [-0.05, 0) is 85.0 Å². The smallest absolute Gasteiger partial charge is 0.131 e. The standard InChI is InChI=1S/C35H53F/c1-5-8-14-30(27(4)7-3)15-11-9-10-13-29-18-22-32(23-19-29)34-25-24-33(26-35(34)36)31-20-16-28(12-6-2)17-21-31/h18-19,22-28,30-31H,5-17,20-21H2,1-4H3. The molecule has 0 nitrogen and oxygen atoms in total. The molecule has 1 aliphatic carbocycles. The van der Waals surface area contributed by atoms with E-state index in [0.717, 1.165) is 35.3 Å².